The predicted octanol–water partition coefficient (Wildman–Crippen LogP) is 5.18. The Bertz CT molecular complexity index is 1140. The van der Waals surface area contributed by atoms with E-state index in [2.05, 4.69) is 0 Å². The van der Waals surface area contributed by atoms with Crippen LogP contribution in [0.15, 0.2) is 65.6 Å². The Balaban J connectivity index is 1.56. The fraction of sp³-hybridized carbons (Fsp3) is 0.130. The first-order chi connectivity index (χ1) is 14.0. The molecule has 2 amide bonds. The van der Waals surface area contributed by atoms with Gasteiger partial charge in [-0.05, 0) is 64.9 Å². The van der Waals surface area contributed by atoms with E-state index in [-0.39, 0.29) is 23.4 Å². The van der Waals surface area contributed by atoms with Crippen LogP contribution in [0.2, 0.25) is 0 Å². The van der Waals surface area contributed by atoms with Crippen molar-refractivity contribution in [2.75, 3.05) is 6.61 Å². The van der Waals surface area contributed by atoms with Crippen molar-refractivity contribution >= 4 is 39.8 Å². The maximum atomic E-state index is 12.8. The molecule has 1 heterocycles. The largest absolute Gasteiger partial charge is 0.504 e. The van der Waals surface area contributed by atoms with Gasteiger partial charge in [0.2, 0.25) is 0 Å². The van der Waals surface area contributed by atoms with Crippen LogP contribution in [0.3, 0.4) is 0 Å². The molecule has 4 rings (SSSR count). The SMILES string of the molecule is CCOc1cc(/C=C2\SC(=O)N(Cc3ccc4ccccc4c3)C2=O)ccc1O. The van der Waals surface area contributed by atoms with Crippen LogP contribution in [0.4, 0.5) is 4.79 Å². The Morgan fingerprint density at radius 3 is 2.62 bits per heavy atom. The van der Waals surface area contributed by atoms with Crippen molar-refractivity contribution in [2.45, 2.75) is 13.5 Å². The number of hydrogen-bond donors (Lipinski definition) is 1. The van der Waals surface area contributed by atoms with E-state index in [9.17, 15) is 14.7 Å². The van der Waals surface area contributed by atoms with E-state index in [0.717, 1.165) is 28.1 Å². The summed E-state index contributed by atoms with van der Waals surface area (Å²) < 4.78 is 5.38. The molecule has 146 valence electrons. The lowest BCUT2D eigenvalue weighted by Gasteiger charge is -2.13. The van der Waals surface area contributed by atoms with E-state index >= 15 is 0 Å². The molecular weight excluding hydrogens is 386 g/mol. The minimum absolute atomic E-state index is 0.0356. The highest BCUT2D eigenvalue weighted by atomic mass is 32.2. The first kappa shape index (κ1) is 19.1. The van der Waals surface area contributed by atoms with Gasteiger partial charge < -0.3 is 9.84 Å². The molecule has 0 aliphatic carbocycles. The van der Waals surface area contributed by atoms with Crippen molar-refractivity contribution < 1.29 is 19.4 Å². The zero-order valence-corrected chi connectivity index (χ0v) is 16.6. The van der Waals surface area contributed by atoms with Gasteiger partial charge in [0.05, 0.1) is 18.1 Å². The van der Waals surface area contributed by atoms with Gasteiger partial charge in [-0.25, -0.2) is 0 Å². The molecule has 0 spiro atoms. The van der Waals surface area contributed by atoms with Crippen molar-refractivity contribution in [3.8, 4) is 11.5 Å². The van der Waals surface area contributed by atoms with E-state index in [1.807, 2.05) is 49.4 Å². The molecule has 0 aromatic heterocycles. The number of hydrogen-bond acceptors (Lipinski definition) is 5. The quantitative estimate of drug-likeness (QED) is 0.593. The highest BCUT2D eigenvalue weighted by molar-refractivity contribution is 8.18. The molecule has 5 nitrogen and oxygen atoms in total. The van der Waals surface area contributed by atoms with E-state index in [0.29, 0.717) is 22.8 Å². The molecule has 1 N–H and O–H groups in total. The smallest absolute Gasteiger partial charge is 0.293 e. The number of nitrogens with zero attached hydrogens (tertiary/aromatic N) is 1. The van der Waals surface area contributed by atoms with Gasteiger partial charge in [-0.2, -0.15) is 0 Å². The van der Waals surface area contributed by atoms with Crippen LogP contribution in [-0.2, 0) is 11.3 Å². The van der Waals surface area contributed by atoms with Gasteiger partial charge in [0.1, 0.15) is 0 Å². The second kappa shape index (κ2) is 8.01. The number of benzene rings is 3. The maximum absolute atomic E-state index is 12.8. The van der Waals surface area contributed by atoms with Gasteiger partial charge in [0.25, 0.3) is 11.1 Å². The standard InChI is InChI=1S/C23H19NO4S/c1-2-28-20-12-15(8-10-19(20)25)13-21-22(26)24(23(27)29-21)14-16-7-9-17-5-3-4-6-18(17)11-16/h3-13,25H,2,14H2,1H3/b21-13-. The molecule has 29 heavy (non-hydrogen) atoms. The van der Waals surface area contributed by atoms with Gasteiger partial charge in [0.15, 0.2) is 11.5 Å². The lowest BCUT2D eigenvalue weighted by Crippen LogP contribution is -2.27. The summed E-state index contributed by atoms with van der Waals surface area (Å²) in [5.41, 5.74) is 1.58. The minimum Gasteiger partial charge on any atom is -0.504 e. The molecule has 3 aromatic carbocycles. The Kier molecular flexibility index (Phi) is 5.27. The van der Waals surface area contributed by atoms with Gasteiger partial charge >= 0.3 is 0 Å². The summed E-state index contributed by atoms with van der Waals surface area (Å²) in [6.07, 6.45) is 1.65. The van der Waals surface area contributed by atoms with Crippen LogP contribution in [0, 0.1) is 0 Å². The van der Waals surface area contributed by atoms with Crippen LogP contribution < -0.4 is 4.74 Å². The topological polar surface area (TPSA) is 66.8 Å². The summed E-state index contributed by atoms with van der Waals surface area (Å²) in [6, 6.07) is 18.7. The van der Waals surface area contributed by atoms with Crippen LogP contribution in [0.25, 0.3) is 16.8 Å². The summed E-state index contributed by atoms with van der Waals surface area (Å²) >= 11 is 0.918. The van der Waals surface area contributed by atoms with Crippen molar-refractivity contribution in [2.24, 2.45) is 0 Å². The zero-order valence-electron chi connectivity index (χ0n) is 15.8. The lowest BCUT2D eigenvalue weighted by atomic mass is 10.1. The van der Waals surface area contributed by atoms with Crippen LogP contribution in [0.1, 0.15) is 18.1 Å². The zero-order chi connectivity index (χ0) is 20.4. The van der Waals surface area contributed by atoms with Crippen LogP contribution in [0.5, 0.6) is 11.5 Å². The summed E-state index contributed by atoms with van der Waals surface area (Å²) in [6.45, 7) is 2.47. The number of fused-ring (bicyclic) bond motifs is 1. The molecule has 0 saturated carbocycles. The average Bonchev–Trinajstić information content (AvgIpc) is 2.98. The lowest BCUT2D eigenvalue weighted by molar-refractivity contribution is -0.123. The number of phenols is 1. The third-order valence-electron chi connectivity index (χ3n) is 4.61. The Morgan fingerprint density at radius 2 is 1.83 bits per heavy atom. The molecule has 6 heteroatoms. The second-order valence-electron chi connectivity index (χ2n) is 6.61. The fourth-order valence-electron chi connectivity index (χ4n) is 3.20. The van der Waals surface area contributed by atoms with E-state index < -0.39 is 0 Å². The molecule has 0 unspecified atom stereocenters. The summed E-state index contributed by atoms with van der Waals surface area (Å²) in [5, 5.41) is 11.7. The van der Waals surface area contributed by atoms with Gasteiger partial charge in [-0.3, -0.25) is 14.5 Å². The second-order valence-corrected chi connectivity index (χ2v) is 7.60. The number of imide groups is 1. The monoisotopic (exact) mass is 405 g/mol. The molecular formula is C23H19NO4S. The van der Waals surface area contributed by atoms with Crippen LogP contribution >= 0.6 is 11.8 Å². The number of carbonyl (C=O) groups is 2. The number of carbonyl (C=O) groups excluding carboxylic acids is 2. The molecule has 0 bridgehead atoms. The molecule has 3 aromatic rings. The predicted molar refractivity (Wildman–Crippen MR) is 115 cm³/mol. The minimum atomic E-state index is -0.320. The van der Waals surface area contributed by atoms with Crippen molar-refractivity contribution in [3.05, 3.63) is 76.7 Å². The summed E-state index contributed by atoms with van der Waals surface area (Å²) in [4.78, 5) is 26.8. The molecule has 1 aliphatic heterocycles. The third-order valence-corrected chi connectivity index (χ3v) is 5.52. The molecule has 1 saturated heterocycles. The van der Waals surface area contributed by atoms with Crippen molar-refractivity contribution in [3.63, 3.8) is 0 Å². The summed E-state index contributed by atoms with van der Waals surface area (Å²) in [5.74, 6) is 0.0595. The fourth-order valence-corrected chi connectivity index (χ4v) is 4.04. The van der Waals surface area contributed by atoms with Crippen LogP contribution in [-0.4, -0.2) is 27.8 Å². The highest BCUT2D eigenvalue weighted by Crippen LogP contribution is 2.35. The third kappa shape index (κ3) is 3.98. The first-order valence-corrected chi connectivity index (χ1v) is 10.1. The number of aromatic hydroxyl groups is 1. The number of amides is 2. The van der Waals surface area contributed by atoms with Crippen molar-refractivity contribution in [1.82, 2.24) is 4.90 Å². The van der Waals surface area contributed by atoms with Gasteiger partial charge in [0, 0.05) is 0 Å². The molecule has 0 radical (unpaired) electrons. The van der Waals surface area contributed by atoms with Crippen molar-refractivity contribution in [1.29, 1.82) is 0 Å². The highest BCUT2D eigenvalue weighted by Gasteiger charge is 2.35. The molecule has 1 aliphatic rings. The normalized spacial score (nSPS) is 15.5. The Labute approximate surface area is 172 Å². The first-order valence-electron chi connectivity index (χ1n) is 9.24. The van der Waals surface area contributed by atoms with E-state index in [1.54, 1.807) is 18.2 Å². The summed E-state index contributed by atoms with van der Waals surface area (Å²) in [7, 11) is 0. The van der Waals surface area contributed by atoms with E-state index in [4.69, 9.17) is 4.74 Å². The van der Waals surface area contributed by atoms with Gasteiger partial charge in [-0.1, -0.05) is 42.5 Å². The number of ether oxygens (including phenoxy) is 1. The molecule has 1 fully saturated rings. The molecule has 0 atom stereocenters. The van der Waals surface area contributed by atoms with E-state index in [1.165, 1.54) is 11.0 Å². The van der Waals surface area contributed by atoms with Gasteiger partial charge in [-0.15, -0.1) is 0 Å². The Morgan fingerprint density at radius 1 is 1.03 bits per heavy atom. The number of rotatable bonds is 5. The number of phenolic OH excluding ortho intramolecular Hbond substituents is 1. The Hall–Kier alpha value is -3.25. The average molecular weight is 405 g/mol. The maximum Gasteiger partial charge on any atom is 0.293 e. The number of thioether (sulfide) groups is 1.